The van der Waals surface area contributed by atoms with E-state index < -0.39 is 5.97 Å². The Labute approximate surface area is 201 Å². The van der Waals surface area contributed by atoms with Crippen molar-refractivity contribution in [2.45, 2.75) is 38.0 Å². The average molecular weight is 483 g/mol. The van der Waals surface area contributed by atoms with E-state index in [1.165, 1.54) is 29.0 Å². The van der Waals surface area contributed by atoms with Crippen LogP contribution in [-0.4, -0.2) is 36.0 Å². The number of carboxylic acid groups (broad SMARTS) is 1. The molecule has 0 aliphatic heterocycles. The number of carbonyl (C=O) groups excluding carboxylic acids is 2. The van der Waals surface area contributed by atoms with E-state index in [2.05, 4.69) is 10.6 Å². The topological polar surface area (TPSA) is 95.5 Å². The Kier molecular flexibility index (Phi) is 7.57. The molecule has 1 aliphatic carbocycles. The molecule has 2 aromatic carbocycles. The van der Waals surface area contributed by atoms with Gasteiger partial charge in [0.25, 0.3) is 11.8 Å². The lowest BCUT2D eigenvalue weighted by Crippen LogP contribution is -2.34. The smallest absolute Gasteiger partial charge is 0.303 e. The van der Waals surface area contributed by atoms with E-state index in [9.17, 15) is 18.8 Å². The van der Waals surface area contributed by atoms with Gasteiger partial charge in [-0.1, -0.05) is 18.2 Å². The molecule has 1 aromatic heterocycles. The molecule has 3 aromatic rings. The van der Waals surface area contributed by atoms with Crippen LogP contribution in [0.15, 0.2) is 48.5 Å². The minimum atomic E-state index is -0.727. The molecule has 0 saturated heterocycles. The zero-order valence-corrected chi connectivity index (χ0v) is 19.5. The molecule has 6 nitrogen and oxygen atoms in total. The lowest BCUT2D eigenvalue weighted by molar-refractivity contribution is -0.138. The van der Waals surface area contributed by atoms with Gasteiger partial charge in [0.1, 0.15) is 5.82 Å². The average Bonchev–Trinajstić information content (AvgIpc) is 3.25. The van der Waals surface area contributed by atoms with Gasteiger partial charge in [0.2, 0.25) is 0 Å². The normalized spacial score (nSPS) is 17.9. The quantitative estimate of drug-likeness (QED) is 0.396. The number of hydrogen-bond donors (Lipinski definition) is 3. The number of thiophene rings is 1. The van der Waals surface area contributed by atoms with Gasteiger partial charge in [0.05, 0.1) is 4.88 Å². The number of carboxylic acids is 1. The first-order chi connectivity index (χ1) is 16.4. The fraction of sp³-hybridized carbons (Fsp3) is 0.346. The van der Waals surface area contributed by atoms with Crippen LogP contribution in [0.1, 0.15) is 63.6 Å². The SMILES string of the molecule is O=C(O)CC1CCC(c2ccc(C(=O)NCCNC(=O)c3cc4ccc(F)cc4s3)cc2)CC1. The highest BCUT2D eigenvalue weighted by Crippen LogP contribution is 2.37. The lowest BCUT2D eigenvalue weighted by atomic mass is 9.77. The van der Waals surface area contributed by atoms with Crippen molar-refractivity contribution in [2.24, 2.45) is 5.92 Å². The Morgan fingerprint density at radius 2 is 1.59 bits per heavy atom. The summed E-state index contributed by atoms with van der Waals surface area (Å²) >= 11 is 1.23. The molecule has 0 radical (unpaired) electrons. The highest BCUT2D eigenvalue weighted by Gasteiger charge is 2.24. The second kappa shape index (κ2) is 10.8. The number of rotatable bonds is 8. The van der Waals surface area contributed by atoms with E-state index in [4.69, 9.17) is 5.11 Å². The number of hydrogen-bond acceptors (Lipinski definition) is 4. The molecule has 4 rings (SSSR count). The van der Waals surface area contributed by atoms with Gasteiger partial charge in [-0.15, -0.1) is 11.3 Å². The maximum absolute atomic E-state index is 13.3. The maximum Gasteiger partial charge on any atom is 0.303 e. The van der Waals surface area contributed by atoms with E-state index in [0.717, 1.165) is 35.8 Å². The van der Waals surface area contributed by atoms with Crippen molar-refractivity contribution >= 4 is 39.2 Å². The summed E-state index contributed by atoms with van der Waals surface area (Å²) in [6, 6.07) is 13.7. The molecule has 0 atom stereocenters. The number of fused-ring (bicyclic) bond motifs is 1. The number of aliphatic carboxylic acids is 1. The van der Waals surface area contributed by atoms with Gasteiger partial charge in [0, 0.05) is 29.8 Å². The fourth-order valence-corrected chi connectivity index (χ4v) is 5.52. The number of carbonyl (C=O) groups is 3. The Morgan fingerprint density at radius 1 is 0.912 bits per heavy atom. The highest BCUT2D eigenvalue weighted by atomic mass is 32.1. The second-order valence-electron chi connectivity index (χ2n) is 8.74. The van der Waals surface area contributed by atoms with E-state index in [1.807, 2.05) is 24.3 Å². The maximum atomic E-state index is 13.3. The minimum Gasteiger partial charge on any atom is -0.481 e. The van der Waals surface area contributed by atoms with E-state index in [0.29, 0.717) is 22.9 Å². The largest absolute Gasteiger partial charge is 0.481 e. The summed E-state index contributed by atoms with van der Waals surface area (Å²) in [6.07, 6.45) is 4.03. The van der Waals surface area contributed by atoms with Crippen LogP contribution in [0.5, 0.6) is 0 Å². The van der Waals surface area contributed by atoms with Crippen LogP contribution in [-0.2, 0) is 4.79 Å². The first-order valence-electron chi connectivity index (χ1n) is 11.5. The van der Waals surface area contributed by atoms with Crippen molar-refractivity contribution in [3.63, 3.8) is 0 Å². The molecule has 2 amide bonds. The van der Waals surface area contributed by atoms with Crippen LogP contribution < -0.4 is 10.6 Å². The van der Waals surface area contributed by atoms with Gasteiger partial charge in [-0.3, -0.25) is 14.4 Å². The molecular formula is C26H27FN2O4S. The van der Waals surface area contributed by atoms with Crippen molar-refractivity contribution in [3.8, 4) is 0 Å². The van der Waals surface area contributed by atoms with Crippen molar-refractivity contribution < 1.29 is 23.9 Å². The van der Waals surface area contributed by atoms with Crippen LogP contribution in [0.3, 0.4) is 0 Å². The van der Waals surface area contributed by atoms with Gasteiger partial charge >= 0.3 is 5.97 Å². The van der Waals surface area contributed by atoms with Crippen LogP contribution in [0.4, 0.5) is 4.39 Å². The molecule has 0 bridgehead atoms. The standard InChI is InChI=1S/C26H27FN2O4S/c27-21-10-9-20-14-23(34-22(20)15-21)26(33)29-12-11-28-25(32)19-7-5-18(6-8-19)17-3-1-16(2-4-17)13-24(30)31/h5-10,14-17H,1-4,11-13H2,(H,28,32)(H,29,33)(H,30,31). The summed E-state index contributed by atoms with van der Waals surface area (Å²) < 4.78 is 14.0. The van der Waals surface area contributed by atoms with E-state index in [-0.39, 0.29) is 36.5 Å². The molecular weight excluding hydrogens is 455 g/mol. The molecule has 0 spiro atoms. The molecule has 1 fully saturated rings. The summed E-state index contributed by atoms with van der Waals surface area (Å²) in [5.41, 5.74) is 1.74. The molecule has 0 unspecified atom stereocenters. The van der Waals surface area contributed by atoms with Crippen LogP contribution in [0.2, 0.25) is 0 Å². The van der Waals surface area contributed by atoms with Crippen molar-refractivity contribution in [1.82, 2.24) is 10.6 Å². The van der Waals surface area contributed by atoms with Gasteiger partial charge < -0.3 is 15.7 Å². The van der Waals surface area contributed by atoms with Crippen molar-refractivity contribution in [3.05, 3.63) is 70.4 Å². The first-order valence-corrected chi connectivity index (χ1v) is 12.3. The molecule has 1 heterocycles. The van der Waals surface area contributed by atoms with Gasteiger partial charge in [-0.05, 0) is 78.8 Å². The van der Waals surface area contributed by atoms with Crippen molar-refractivity contribution in [1.29, 1.82) is 0 Å². The number of amides is 2. The fourth-order valence-electron chi connectivity index (χ4n) is 4.51. The van der Waals surface area contributed by atoms with Crippen molar-refractivity contribution in [2.75, 3.05) is 13.1 Å². The molecule has 178 valence electrons. The number of nitrogens with one attached hydrogen (secondary N) is 2. The third kappa shape index (κ3) is 5.99. The molecule has 1 saturated carbocycles. The lowest BCUT2D eigenvalue weighted by Gasteiger charge is -2.28. The monoisotopic (exact) mass is 482 g/mol. The number of halogens is 1. The Morgan fingerprint density at radius 3 is 2.26 bits per heavy atom. The van der Waals surface area contributed by atoms with Crippen LogP contribution in [0.25, 0.3) is 10.1 Å². The Balaban J connectivity index is 1.21. The predicted molar refractivity (Wildman–Crippen MR) is 130 cm³/mol. The van der Waals surface area contributed by atoms with E-state index in [1.54, 1.807) is 12.1 Å². The molecule has 34 heavy (non-hydrogen) atoms. The first kappa shape index (κ1) is 23.9. The zero-order valence-electron chi connectivity index (χ0n) is 18.7. The molecule has 8 heteroatoms. The summed E-state index contributed by atoms with van der Waals surface area (Å²) in [5.74, 6) is -0.846. The van der Waals surface area contributed by atoms with Crippen LogP contribution in [0, 0.1) is 11.7 Å². The summed E-state index contributed by atoms with van der Waals surface area (Å²) in [6.45, 7) is 0.574. The second-order valence-corrected chi connectivity index (χ2v) is 9.83. The Bertz CT molecular complexity index is 1180. The summed E-state index contributed by atoms with van der Waals surface area (Å²) in [4.78, 5) is 36.2. The predicted octanol–water partition coefficient (Wildman–Crippen LogP) is 4.95. The zero-order chi connectivity index (χ0) is 24.1. The van der Waals surface area contributed by atoms with Gasteiger partial charge in [0.15, 0.2) is 0 Å². The highest BCUT2D eigenvalue weighted by molar-refractivity contribution is 7.20. The Hall–Kier alpha value is -3.26. The number of benzene rings is 2. The molecule has 3 N–H and O–H groups in total. The third-order valence-corrected chi connectivity index (χ3v) is 7.45. The van der Waals surface area contributed by atoms with Gasteiger partial charge in [-0.2, -0.15) is 0 Å². The van der Waals surface area contributed by atoms with Gasteiger partial charge in [-0.25, -0.2) is 4.39 Å². The summed E-state index contributed by atoms with van der Waals surface area (Å²) in [7, 11) is 0. The third-order valence-electron chi connectivity index (χ3n) is 6.36. The van der Waals surface area contributed by atoms with E-state index >= 15 is 0 Å². The van der Waals surface area contributed by atoms with Crippen LogP contribution >= 0.6 is 11.3 Å². The summed E-state index contributed by atoms with van der Waals surface area (Å²) in [5, 5.41) is 15.4. The molecule has 1 aliphatic rings. The minimum absolute atomic E-state index is 0.205.